The maximum atomic E-state index is 11.3. The summed E-state index contributed by atoms with van der Waals surface area (Å²) in [5, 5.41) is 2.73. The van der Waals surface area contributed by atoms with E-state index in [0.717, 1.165) is 5.69 Å². The summed E-state index contributed by atoms with van der Waals surface area (Å²) in [7, 11) is 0. The van der Waals surface area contributed by atoms with Gasteiger partial charge in [0.25, 0.3) is 5.91 Å². The van der Waals surface area contributed by atoms with Crippen LogP contribution < -0.4 is 15.8 Å². The summed E-state index contributed by atoms with van der Waals surface area (Å²) < 4.78 is 5.25. The molecule has 0 saturated carbocycles. The lowest BCUT2D eigenvalue weighted by Crippen LogP contribution is -2.34. The van der Waals surface area contributed by atoms with Crippen LogP contribution in [0, 0.1) is 0 Å². The first kappa shape index (κ1) is 12.4. The second-order valence-corrected chi connectivity index (χ2v) is 3.70. The quantitative estimate of drug-likeness (QED) is 0.759. The molecule has 1 aromatic rings. The van der Waals surface area contributed by atoms with Crippen LogP contribution in [0.1, 0.15) is 19.5 Å². The Morgan fingerprint density at radius 1 is 1.56 bits per heavy atom. The van der Waals surface area contributed by atoms with Gasteiger partial charge in [0, 0.05) is 12.6 Å². The molecule has 1 rings (SSSR count). The van der Waals surface area contributed by atoms with E-state index < -0.39 is 0 Å². The van der Waals surface area contributed by atoms with Crippen LogP contribution in [0.3, 0.4) is 0 Å². The zero-order valence-corrected chi connectivity index (χ0v) is 9.56. The maximum Gasteiger partial charge on any atom is 0.258 e. The Morgan fingerprint density at radius 3 is 2.81 bits per heavy atom. The number of hydrogen-bond acceptors (Lipinski definition) is 4. The SMILES string of the molecule is CC(C)NC(=O)COc1ccc(CN)nc1. The fourth-order valence-corrected chi connectivity index (χ4v) is 1.13. The lowest BCUT2D eigenvalue weighted by atomic mass is 10.3. The highest BCUT2D eigenvalue weighted by molar-refractivity contribution is 5.77. The van der Waals surface area contributed by atoms with Crippen molar-refractivity contribution in [2.24, 2.45) is 5.73 Å². The number of rotatable bonds is 5. The first-order valence-electron chi connectivity index (χ1n) is 5.19. The molecule has 0 aliphatic rings. The van der Waals surface area contributed by atoms with E-state index in [2.05, 4.69) is 10.3 Å². The van der Waals surface area contributed by atoms with Crippen LogP contribution in [-0.2, 0) is 11.3 Å². The molecule has 0 radical (unpaired) electrons. The van der Waals surface area contributed by atoms with E-state index in [4.69, 9.17) is 10.5 Å². The van der Waals surface area contributed by atoms with Crippen molar-refractivity contribution in [1.29, 1.82) is 0 Å². The van der Waals surface area contributed by atoms with E-state index in [1.165, 1.54) is 0 Å². The van der Waals surface area contributed by atoms with E-state index in [1.807, 2.05) is 13.8 Å². The molecule has 5 heteroatoms. The van der Waals surface area contributed by atoms with Crippen molar-refractivity contribution in [3.63, 3.8) is 0 Å². The van der Waals surface area contributed by atoms with Crippen LogP contribution >= 0.6 is 0 Å². The summed E-state index contributed by atoms with van der Waals surface area (Å²) >= 11 is 0. The largest absolute Gasteiger partial charge is 0.482 e. The Labute approximate surface area is 95.0 Å². The molecule has 0 aliphatic heterocycles. The molecule has 88 valence electrons. The van der Waals surface area contributed by atoms with Crippen molar-refractivity contribution in [1.82, 2.24) is 10.3 Å². The molecule has 0 unspecified atom stereocenters. The van der Waals surface area contributed by atoms with Gasteiger partial charge in [-0.1, -0.05) is 0 Å². The molecule has 5 nitrogen and oxygen atoms in total. The molecule has 0 bridgehead atoms. The molecular weight excluding hydrogens is 206 g/mol. The maximum absolute atomic E-state index is 11.3. The Morgan fingerprint density at radius 2 is 2.31 bits per heavy atom. The zero-order chi connectivity index (χ0) is 12.0. The van der Waals surface area contributed by atoms with Crippen molar-refractivity contribution >= 4 is 5.91 Å². The Kier molecular flexibility index (Phi) is 4.72. The molecule has 1 amide bonds. The predicted octanol–water partition coefficient (Wildman–Crippen LogP) is 0.444. The number of aromatic nitrogens is 1. The highest BCUT2D eigenvalue weighted by atomic mass is 16.5. The summed E-state index contributed by atoms with van der Waals surface area (Å²) in [5.74, 6) is 0.425. The number of carbonyl (C=O) groups excluding carboxylic acids is 1. The van der Waals surface area contributed by atoms with Gasteiger partial charge in [0.1, 0.15) is 5.75 Å². The average molecular weight is 223 g/mol. The van der Waals surface area contributed by atoms with Gasteiger partial charge in [0.05, 0.1) is 11.9 Å². The fourth-order valence-electron chi connectivity index (χ4n) is 1.13. The first-order chi connectivity index (χ1) is 7.61. The highest BCUT2D eigenvalue weighted by Crippen LogP contribution is 2.08. The molecule has 3 N–H and O–H groups in total. The lowest BCUT2D eigenvalue weighted by molar-refractivity contribution is -0.123. The van der Waals surface area contributed by atoms with Gasteiger partial charge in [-0.05, 0) is 26.0 Å². The number of nitrogens with one attached hydrogen (secondary N) is 1. The monoisotopic (exact) mass is 223 g/mol. The second kappa shape index (κ2) is 6.07. The summed E-state index contributed by atoms with van der Waals surface area (Å²) in [6, 6.07) is 3.64. The third-order valence-corrected chi connectivity index (χ3v) is 1.83. The van der Waals surface area contributed by atoms with E-state index in [-0.39, 0.29) is 18.6 Å². The van der Waals surface area contributed by atoms with E-state index in [9.17, 15) is 4.79 Å². The lowest BCUT2D eigenvalue weighted by Gasteiger charge is -2.09. The van der Waals surface area contributed by atoms with Gasteiger partial charge >= 0.3 is 0 Å². The summed E-state index contributed by atoms with van der Waals surface area (Å²) in [4.78, 5) is 15.3. The number of nitrogens with two attached hydrogens (primary N) is 1. The summed E-state index contributed by atoms with van der Waals surface area (Å²) in [6.45, 7) is 4.20. The fraction of sp³-hybridized carbons (Fsp3) is 0.455. The van der Waals surface area contributed by atoms with Crippen molar-refractivity contribution in [2.45, 2.75) is 26.4 Å². The molecule has 16 heavy (non-hydrogen) atoms. The molecule has 0 spiro atoms. The van der Waals surface area contributed by atoms with Gasteiger partial charge in [-0.25, -0.2) is 0 Å². The number of carbonyl (C=O) groups is 1. The third-order valence-electron chi connectivity index (χ3n) is 1.83. The van der Waals surface area contributed by atoms with Crippen LogP contribution in [0.15, 0.2) is 18.3 Å². The average Bonchev–Trinajstić information content (AvgIpc) is 2.26. The van der Waals surface area contributed by atoms with Gasteiger partial charge in [-0.15, -0.1) is 0 Å². The Hall–Kier alpha value is -1.62. The van der Waals surface area contributed by atoms with Gasteiger partial charge < -0.3 is 15.8 Å². The molecular formula is C11H17N3O2. The van der Waals surface area contributed by atoms with Gasteiger partial charge in [0.15, 0.2) is 6.61 Å². The Balaban J connectivity index is 2.39. The number of pyridine rings is 1. The predicted molar refractivity (Wildman–Crippen MR) is 60.9 cm³/mol. The number of nitrogens with zero attached hydrogens (tertiary/aromatic N) is 1. The Bertz CT molecular complexity index is 336. The number of amides is 1. The minimum atomic E-state index is -0.141. The minimum absolute atomic E-state index is 0.00182. The summed E-state index contributed by atoms with van der Waals surface area (Å²) in [5.41, 5.74) is 6.20. The third kappa shape index (κ3) is 4.27. The summed E-state index contributed by atoms with van der Waals surface area (Å²) in [6.07, 6.45) is 1.56. The van der Waals surface area contributed by atoms with Crippen LogP contribution in [-0.4, -0.2) is 23.5 Å². The molecule has 0 atom stereocenters. The topological polar surface area (TPSA) is 77.2 Å². The number of hydrogen-bond donors (Lipinski definition) is 2. The molecule has 0 aromatic carbocycles. The molecule has 1 heterocycles. The smallest absolute Gasteiger partial charge is 0.258 e. The van der Waals surface area contributed by atoms with Crippen molar-refractivity contribution in [2.75, 3.05) is 6.61 Å². The molecule has 0 fully saturated rings. The minimum Gasteiger partial charge on any atom is -0.482 e. The van der Waals surface area contributed by atoms with Gasteiger partial charge in [-0.2, -0.15) is 0 Å². The first-order valence-corrected chi connectivity index (χ1v) is 5.19. The molecule has 0 saturated heterocycles. The number of ether oxygens (including phenoxy) is 1. The van der Waals surface area contributed by atoms with Crippen molar-refractivity contribution in [3.05, 3.63) is 24.0 Å². The van der Waals surface area contributed by atoms with Crippen LogP contribution in [0.2, 0.25) is 0 Å². The van der Waals surface area contributed by atoms with E-state index in [1.54, 1.807) is 18.3 Å². The standard InChI is InChI=1S/C11H17N3O2/c1-8(2)14-11(15)7-16-10-4-3-9(5-12)13-6-10/h3-4,6,8H,5,7,12H2,1-2H3,(H,14,15). The van der Waals surface area contributed by atoms with Gasteiger partial charge in [0.2, 0.25) is 0 Å². The van der Waals surface area contributed by atoms with Crippen LogP contribution in [0.5, 0.6) is 5.75 Å². The molecule has 0 aliphatic carbocycles. The molecule has 1 aromatic heterocycles. The van der Waals surface area contributed by atoms with Crippen molar-refractivity contribution < 1.29 is 9.53 Å². The van der Waals surface area contributed by atoms with Crippen molar-refractivity contribution in [3.8, 4) is 5.75 Å². The normalized spacial score (nSPS) is 10.2. The van der Waals surface area contributed by atoms with Crippen LogP contribution in [0.25, 0.3) is 0 Å². The van der Waals surface area contributed by atoms with Crippen LogP contribution in [0.4, 0.5) is 0 Å². The van der Waals surface area contributed by atoms with Gasteiger partial charge in [-0.3, -0.25) is 9.78 Å². The van der Waals surface area contributed by atoms with E-state index in [0.29, 0.717) is 12.3 Å². The zero-order valence-electron chi connectivity index (χ0n) is 9.56. The van der Waals surface area contributed by atoms with E-state index >= 15 is 0 Å². The second-order valence-electron chi connectivity index (χ2n) is 3.70. The highest BCUT2D eigenvalue weighted by Gasteiger charge is 2.04.